The number of halogens is 2. The molecule has 8 nitrogen and oxygen atoms in total. The minimum atomic E-state index is -3.74. The number of hydrogen-bond donors (Lipinski definition) is 1. The highest BCUT2D eigenvalue weighted by Gasteiger charge is 2.26. The molecule has 1 aromatic heterocycles. The van der Waals surface area contributed by atoms with Crippen LogP contribution in [0.2, 0.25) is 0 Å². The quantitative estimate of drug-likeness (QED) is 0.419. The molecule has 0 radical (unpaired) electrons. The van der Waals surface area contributed by atoms with E-state index in [4.69, 9.17) is 4.74 Å². The second kappa shape index (κ2) is 10.7. The van der Waals surface area contributed by atoms with Crippen LogP contribution in [-0.4, -0.2) is 54.6 Å². The van der Waals surface area contributed by atoms with Gasteiger partial charge >= 0.3 is 5.97 Å². The molecular formula is C19H23F2N3O5S2. The number of anilines is 1. The summed E-state index contributed by atoms with van der Waals surface area (Å²) in [6, 6.07) is 6.96. The summed E-state index contributed by atoms with van der Waals surface area (Å²) in [4.78, 5) is 24.6. The maximum Gasteiger partial charge on any atom is 0.355 e. The van der Waals surface area contributed by atoms with Gasteiger partial charge < -0.3 is 14.6 Å². The second-order valence-corrected chi connectivity index (χ2v) is 9.29. The van der Waals surface area contributed by atoms with Gasteiger partial charge in [0.1, 0.15) is 10.6 Å². The van der Waals surface area contributed by atoms with Gasteiger partial charge in [0.15, 0.2) is 6.61 Å². The lowest BCUT2D eigenvalue weighted by Gasteiger charge is -2.17. The lowest BCUT2D eigenvalue weighted by molar-refractivity contribution is -0.119. The zero-order valence-corrected chi connectivity index (χ0v) is 18.8. The van der Waals surface area contributed by atoms with Crippen molar-refractivity contribution in [2.24, 2.45) is 7.05 Å². The molecule has 0 aliphatic carbocycles. The standard InChI is InChI=1S/C19H23F2N3O5S2/c1-4-24(5-2)31(27,28)15-10-16(23(3)11-15)18(26)29-12-17(25)22-13-6-8-14(9-7-13)30-19(20)21/h6-11,19H,4-5,12H2,1-3H3,(H,22,25). The van der Waals surface area contributed by atoms with Crippen LogP contribution in [0.1, 0.15) is 24.3 Å². The maximum atomic E-state index is 12.6. The zero-order valence-electron chi connectivity index (χ0n) is 17.2. The van der Waals surface area contributed by atoms with Crippen LogP contribution in [0.4, 0.5) is 14.5 Å². The molecule has 0 fully saturated rings. The van der Waals surface area contributed by atoms with Crippen LogP contribution in [0.3, 0.4) is 0 Å². The van der Waals surface area contributed by atoms with Gasteiger partial charge in [-0.05, 0) is 30.3 Å². The highest BCUT2D eigenvalue weighted by Crippen LogP contribution is 2.26. The van der Waals surface area contributed by atoms with Crippen molar-refractivity contribution in [1.29, 1.82) is 0 Å². The average molecular weight is 476 g/mol. The van der Waals surface area contributed by atoms with E-state index in [1.807, 2.05) is 0 Å². The number of benzene rings is 1. The van der Waals surface area contributed by atoms with Crippen molar-refractivity contribution in [3.05, 3.63) is 42.2 Å². The first kappa shape index (κ1) is 24.8. The molecule has 2 rings (SSSR count). The van der Waals surface area contributed by atoms with E-state index < -0.39 is 34.3 Å². The highest BCUT2D eigenvalue weighted by molar-refractivity contribution is 7.99. The number of nitrogens with one attached hydrogen (secondary N) is 1. The summed E-state index contributed by atoms with van der Waals surface area (Å²) in [7, 11) is -2.25. The molecule has 31 heavy (non-hydrogen) atoms. The van der Waals surface area contributed by atoms with Crippen LogP contribution in [0, 0.1) is 0 Å². The number of carbonyl (C=O) groups excluding carboxylic acids is 2. The highest BCUT2D eigenvalue weighted by atomic mass is 32.2. The normalized spacial score (nSPS) is 11.7. The number of amides is 1. The van der Waals surface area contributed by atoms with E-state index in [0.717, 1.165) is 0 Å². The lowest BCUT2D eigenvalue weighted by Crippen LogP contribution is -2.30. The molecule has 12 heteroatoms. The Morgan fingerprint density at radius 1 is 1.19 bits per heavy atom. The van der Waals surface area contributed by atoms with Crippen molar-refractivity contribution < 1.29 is 31.5 Å². The average Bonchev–Trinajstić information content (AvgIpc) is 3.10. The Hall–Kier alpha value is -2.44. The largest absolute Gasteiger partial charge is 0.451 e. The minimum Gasteiger partial charge on any atom is -0.451 e. The summed E-state index contributed by atoms with van der Waals surface area (Å²) < 4.78 is 57.4. The van der Waals surface area contributed by atoms with E-state index in [0.29, 0.717) is 22.3 Å². The molecule has 0 spiro atoms. The molecule has 0 bridgehead atoms. The van der Waals surface area contributed by atoms with E-state index in [2.05, 4.69) is 5.32 Å². The van der Waals surface area contributed by atoms with Gasteiger partial charge in [-0.1, -0.05) is 25.6 Å². The van der Waals surface area contributed by atoms with Gasteiger partial charge in [-0.25, -0.2) is 13.2 Å². The molecule has 0 saturated carbocycles. The van der Waals surface area contributed by atoms with Gasteiger partial charge in [0, 0.05) is 36.9 Å². The third kappa shape index (κ3) is 6.52. The lowest BCUT2D eigenvalue weighted by atomic mass is 10.3. The van der Waals surface area contributed by atoms with E-state index in [-0.39, 0.29) is 23.7 Å². The van der Waals surface area contributed by atoms with E-state index in [9.17, 15) is 26.8 Å². The van der Waals surface area contributed by atoms with Crippen LogP contribution in [0.15, 0.2) is 46.3 Å². The molecule has 1 heterocycles. The predicted molar refractivity (Wildman–Crippen MR) is 113 cm³/mol. The first-order chi connectivity index (χ1) is 14.6. The van der Waals surface area contributed by atoms with Gasteiger partial charge in [0.25, 0.3) is 11.7 Å². The predicted octanol–water partition coefficient (Wildman–Crippen LogP) is 3.17. The first-order valence-corrected chi connectivity index (χ1v) is 11.6. The molecule has 0 aliphatic heterocycles. The summed E-state index contributed by atoms with van der Waals surface area (Å²) in [6.45, 7) is 3.40. The molecule has 1 aromatic carbocycles. The van der Waals surface area contributed by atoms with E-state index in [1.54, 1.807) is 13.8 Å². The van der Waals surface area contributed by atoms with Crippen molar-refractivity contribution >= 4 is 39.3 Å². The van der Waals surface area contributed by atoms with Gasteiger partial charge in [-0.3, -0.25) is 4.79 Å². The number of aryl methyl sites for hydroxylation is 1. The topological polar surface area (TPSA) is 97.7 Å². The number of aromatic nitrogens is 1. The smallest absolute Gasteiger partial charge is 0.355 e. The van der Waals surface area contributed by atoms with Crippen LogP contribution < -0.4 is 5.32 Å². The molecule has 0 atom stereocenters. The number of hydrogen-bond acceptors (Lipinski definition) is 6. The number of rotatable bonds is 10. The molecular weight excluding hydrogens is 452 g/mol. The second-order valence-electron chi connectivity index (χ2n) is 6.29. The van der Waals surface area contributed by atoms with E-state index >= 15 is 0 Å². The molecule has 0 unspecified atom stereocenters. The number of sulfonamides is 1. The fourth-order valence-corrected chi connectivity index (χ4v) is 4.74. The summed E-state index contributed by atoms with van der Waals surface area (Å²) in [5, 5.41) is 2.48. The van der Waals surface area contributed by atoms with Gasteiger partial charge in [-0.2, -0.15) is 13.1 Å². The molecule has 170 valence electrons. The minimum absolute atomic E-state index is 0.0214. The fourth-order valence-electron chi connectivity index (χ4n) is 2.71. The summed E-state index contributed by atoms with van der Waals surface area (Å²) in [5.74, 6) is -4.03. The number of ether oxygens (including phenoxy) is 1. The van der Waals surface area contributed by atoms with Crippen molar-refractivity contribution in [2.75, 3.05) is 25.0 Å². The van der Waals surface area contributed by atoms with Gasteiger partial charge in [0.05, 0.1) is 0 Å². The molecule has 1 N–H and O–H groups in total. The Labute approximate surface area is 183 Å². The summed E-state index contributed by atoms with van der Waals surface area (Å²) in [5.41, 5.74) is 0.332. The first-order valence-electron chi connectivity index (χ1n) is 9.26. The number of thioether (sulfide) groups is 1. The maximum absolute atomic E-state index is 12.6. The third-order valence-corrected chi connectivity index (χ3v) is 6.97. The molecule has 0 saturated heterocycles. The molecule has 1 amide bonds. The summed E-state index contributed by atoms with van der Waals surface area (Å²) >= 11 is 0.384. The Balaban J connectivity index is 1.98. The zero-order chi connectivity index (χ0) is 23.2. The van der Waals surface area contributed by atoms with Gasteiger partial charge in [-0.15, -0.1) is 0 Å². The monoisotopic (exact) mass is 475 g/mol. The fraction of sp³-hybridized carbons (Fsp3) is 0.368. The number of esters is 1. The third-order valence-electron chi connectivity index (χ3n) is 4.23. The molecule has 2 aromatic rings. The summed E-state index contributed by atoms with van der Waals surface area (Å²) in [6.07, 6.45) is 1.31. The Morgan fingerprint density at radius 2 is 1.81 bits per heavy atom. The SMILES string of the molecule is CCN(CC)S(=O)(=O)c1cc(C(=O)OCC(=O)Nc2ccc(SC(F)F)cc2)n(C)c1. The number of carbonyl (C=O) groups is 2. The Kier molecular flexibility index (Phi) is 8.60. The van der Waals surface area contributed by atoms with Crippen molar-refractivity contribution in [3.8, 4) is 0 Å². The van der Waals surface area contributed by atoms with Crippen LogP contribution >= 0.6 is 11.8 Å². The number of alkyl halides is 2. The van der Waals surface area contributed by atoms with Gasteiger partial charge in [0.2, 0.25) is 10.0 Å². The Bertz CT molecular complexity index is 1020. The number of nitrogens with zero attached hydrogens (tertiary/aromatic N) is 2. The van der Waals surface area contributed by atoms with Crippen molar-refractivity contribution in [1.82, 2.24) is 8.87 Å². The van der Waals surface area contributed by atoms with Crippen LogP contribution in [0.25, 0.3) is 0 Å². The van der Waals surface area contributed by atoms with E-state index in [1.165, 1.54) is 52.4 Å². The van der Waals surface area contributed by atoms with Crippen LogP contribution in [-0.2, 0) is 26.6 Å². The van der Waals surface area contributed by atoms with Crippen LogP contribution in [0.5, 0.6) is 0 Å². The molecule has 0 aliphatic rings. The van der Waals surface area contributed by atoms with Crippen molar-refractivity contribution in [2.45, 2.75) is 29.4 Å². The van der Waals surface area contributed by atoms with Crippen molar-refractivity contribution in [3.63, 3.8) is 0 Å². The Morgan fingerprint density at radius 3 is 2.35 bits per heavy atom.